The first-order chi connectivity index (χ1) is 13.6. The van der Waals surface area contributed by atoms with Gasteiger partial charge in [0, 0.05) is 37.6 Å². The lowest BCUT2D eigenvalue weighted by Gasteiger charge is -2.37. The highest BCUT2D eigenvalue weighted by molar-refractivity contribution is 7.98. The quantitative estimate of drug-likeness (QED) is 0.668. The maximum Gasteiger partial charge on any atom is 0.236 e. The Morgan fingerprint density at radius 1 is 1.07 bits per heavy atom. The van der Waals surface area contributed by atoms with E-state index >= 15 is 0 Å². The molecule has 28 heavy (non-hydrogen) atoms. The molecule has 0 bridgehead atoms. The zero-order valence-electron chi connectivity index (χ0n) is 16.9. The van der Waals surface area contributed by atoms with Crippen LogP contribution in [0.15, 0.2) is 53.4 Å². The smallest absolute Gasteiger partial charge is 0.236 e. The average Bonchev–Trinajstić information content (AvgIpc) is 2.74. The summed E-state index contributed by atoms with van der Waals surface area (Å²) in [5, 5.41) is 0. The topological polar surface area (TPSA) is 36.0 Å². The van der Waals surface area contributed by atoms with E-state index in [1.54, 1.807) is 18.9 Å². The number of rotatable bonds is 7. The standard InChI is InChI=1S/C22H29N3O2S/c1-23(16-18-8-10-19(28-3)11-9-18)17-22(26)25-14-12-24(13-15-25)20-6-4-5-7-21(20)27-2/h4-11H,12-17H2,1-3H3. The second-order valence-corrected chi connectivity index (χ2v) is 7.94. The molecular formula is C22H29N3O2S. The van der Waals surface area contributed by atoms with E-state index in [2.05, 4.69) is 46.4 Å². The molecule has 0 aromatic heterocycles. The summed E-state index contributed by atoms with van der Waals surface area (Å²) < 4.78 is 5.47. The molecule has 1 amide bonds. The molecule has 0 atom stereocenters. The molecule has 0 spiro atoms. The summed E-state index contributed by atoms with van der Waals surface area (Å²) in [6.45, 7) is 4.36. The van der Waals surface area contributed by atoms with Crippen LogP contribution in [0, 0.1) is 0 Å². The van der Waals surface area contributed by atoms with Crippen LogP contribution in [0.3, 0.4) is 0 Å². The highest BCUT2D eigenvalue weighted by Crippen LogP contribution is 2.28. The van der Waals surface area contributed by atoms with Gasteiger partial charge in [-0.15, -0.1) is 11.8 Å². The van der Waals surface area contributed by atoms with Crippen molar-refractivity contribution in [1.29, 1.82) is 0 Å². The number of anilines is 1. The Bertz CT molecular complexity index is 774. The number of likely N-dealkylation sites (N-methyl/N-ethyl adjacent to an activating group) is 1. The van der Waals surface area contributed by atoms with E-state index in [0.717, 1.165) is 44.2 Å². The largest absolute Gasteiger partial charge is 0.495 e. The normalized spacial score (nSPS) is 14.4. The zero-order chi connectivity index (χ0) is 19.9. The molecule has 2 aromatic rings. The van der Waals surface area contributed by atoms with Gasteiger partial charge in [-0.05, 0) is 43.1 Å². The number of carbonyl (C=O) groups is 1. The molecule has 1 aliphatic rings. The van der Waals surface area contributed by atoms with Gasteiger partial charge >= 0.3 is 0 Å². The lowest BCUT2D eigenvalue weighted by atomic mass is 10.2. The predicted octanol–water partition coefficient (Wildman–Crippen LogP) is 3.20. The summed E-state index contributed by atoms with van der Waals surface area (Å²) >= 11 is 1.74. The van der Waals surface area contributed by atoms with Crippen LogP contribution < -0.4 is 9.64 Å². The first-order valence-corrected chi connectivity index (χ1v) is 10.8. The van der Waals surface area contributed by atoms with E-state index < -0.39 is 0 Å². The Hall–Kier alpha value is -2.18. The van der Waals surface area contributed by atoms with Gasteiger partial charge in [-0.25, -0.2) is 0 Å². The third-order valence-electron chi connectivity index (χ3n) is 5.07. The Balaban J connectivity index is 1.49. The summed E-state index contributed by atoms with van der Waals surface area (Å²) in [4.78, 5) is 20.3. The summed E-state index contributed by atoms with van der Waals surface area (Å²) in [6.07, 6.45) is 2.08. The summed E-state index contributed by atoms with van der Waals surface area (Å²) in [5.41, 5.74) is 2.33. The predicted molar refractivity (Wildman–Crippen MR) is 116 cm³/mol. The molecule has 3 rings (SSSR count). The van der Waals surface area contributed by atoms with Crippen LogP contribution in [0.25, 0.3) is 0 Å². The molecule has 0 saturated carbocycles. The summed E-state index contributed by atoms with van der Waals surface area (Å²) in [6, 6.07) is 16.6. The van der Waals surface area contributed by atoms with Crippen molar-refractivity contribution in [2.75, 3.05) is 58.0 Å². The van der Waals surface area contributed by atoms with Crippen molar-refractivity contribution in [3.63, 3.8) is 0 Å². The first-order valence-electron chi connectivity index (χ1n) is 9.58. The van der Waals surface area contributed by atoms with E-state index in [1.165, 1.54) is 10.5 Å². The van der Waals surface area contributed by atoms with Crippen molar-refractivity contribution >= 4 is 23.4 Å². The highest BCUT2D eigenvalue weighted by atomic mass is 32.2. The monoisotopic (exact) mass is 399 g/mol. The number of hydrogen-bond donors (Lipinski definition) is 0. The Labute approximate surface area is 172 Å². The second-order valence-electron chi connectivity index (χ2n) is 7.06. The number of benzene rings is 2. The lowest BCUT2D eigenvalue weighted by molar-refractivity contribution is -0.132. The molecule has 1 aliphatic heterocycles. The van der Waals surface area contributed by atoms with Crippen molar-refractivity contribution in [2.24, 2.45) is 0 Å². The van der Waals surface area contributed by atoms with Gasteiger partial charge in [0.05, 0.1) is 19.3 Å². The van der Waals surface area contributed by atoms with Crippen LogP contribution in [0.2, 0.25) is 0 Å². The van der Waals surface area contributed by atoms with Crippen LogP contribution in [-0.4, -0.2) is 68.8 Å². The third kappa shape index (κ3) is 5.20. The fraction of sp³-hybridized carbons (Fsp3) is 0.409. The molecule has 1 fully saturated rings. The SMILES string of the molecule is COc1ccccc1N1CCN(C(=O)CN(C)Cc2ccc(SC)cc2)CC1. The van der Waals surface area contributed by atoms with Crippen LogP contribution in [0.4, 0.5) is 5.69 Å². The minimum atomic E-state index is 0.197. The number of methoxy groups -OCH3 is 1. The minimum absolute atomic E-state index is 0.197. The van der Waals surface area contributed by atoms with Gasteiger partial charge < -0.3 is 14.5 Å². The van der Waals surface area contributed by atoms with Gasteiger partial charge in [-0.1, -0.05) is 24.3 Å². The molecule has 150 valence electrons. The van der Waals surface area contributed by atoms with Gasteiger partial charge in [0.25, 0.3) is 0 Å². The number of ether oxygens (including phenoxy) is 1. The maximum atomic E-state index is 12.7. The number of thioether (sulfide) groups is 1. The van der Waals surface area contributed by atoms with E-state index in [0.29, 0.717) is 6.54 Å². The minimum Gasteiger partial charge on any atom is -0.495 e. The average molecular weight is 400 g/mol. The molecule has 0 N–H and O–H groups in total. The number of hydrogen-bond acceptors (Lipinski definition) is 5. The number of nitrogens with zero attached hydrogens (tertiary/aromatic N) is 3. The van der Waals surface area contributed by atoms with Crippen molar-refractivity contribution in [3.05, 3.63) is 54.1 Å². The van der Waals surface area contributed by atoms with E-state index in [4.69, 9.17) is 4.74 Å². The van der Waals surface area contributed by atoms with E-state index in [1.807, 2.05) is 30.1 Å². The zero-order valence-corrected chi connectivity index (χ0v) is 17.7. The molecule has 0 radical (unpaired) electrons. The number of carbonyl (C=O) groups excluding carboxylic acids is 1. The van der Waals surface area contributed by atoms with Crippen LogP contribution >= 0.6 is 11.8 Å². The van der Waals surface area contributed by atoms with Crippen LogP contribution in [0.5, 0.6) is 5.75 Å². The van der Waals surface area contributed by atoms with Crippen molar-refractivity contribution in [2.45, 2.75) is 11.4 Å². The summed E-state index contributed by atoms with van der Waals surface area (Å²) in [5.74, 6) is 1.08. The second kappa shape index (κ2) is 9.85. The number of para-hydroxylation sites is 2. The van der Waals surface area contributed by atoms with Gasteiger partial charge in [0.1, 0.15) is 5.75 Å². The van der Waals surface area contributed by atoms with Crippen molar-refractivity contribution < 1.29 is 9.53 Å². The Morgan fingerprint density at radius 3 is 2.39 bits per heavy atom. The summed E-state index contributed by atoms with van der Waals surface area (Å²) in [7, 11) is 3.70. The number of piperazine rings is 1. The third-order valence-corrected chi connectivity index (χ3v) is 5.82. The Kier molecular flexibility index (Phi) is 7.23. The van der Waals surface area contributed by atoms with E-state index in [9.17, 15) is 4.79 Å². The first kappa shape index (κ1) is 20.6. The molecule has 2 aromatic carbocycles. The molecule has 5 nitrogen and oxygen atoms in total. The lowest BCUT2D eigenvalue weighted by Crippen LogP contribution is -2.51. The van der Waals surface area contributed by atoms with Crippen LogP contribution in [0.1, 0.15) is 5.56 Å². The fourth-order valence-electron chi connectivity index (χ4n) is 3.52. The number of amides is 1. The molecule has 0 aliphatic carbocycles. The van der Waals surface area contributed by atoms with E-state index in [-0.39, 0.29) is 5.91 Å². The van der Waals surface area contributed by atoms with Crippen molar-refractivity contribution in [3.8, 4) is 5.75 Å². The molecule has 1 heterocycles. The highest BCUT2D eigenvalue weighted by Gasteiger charge is 2.23. The molecule has 0 unspecified atom stereocenters. The molecule has 6 heteroatoms. The van der Waals surface area contributed by atoms with Gasteiger partial charge in [0.2, 0.25) is 5.91 Å². The van der Waals surface area contributed by atoms with Gasteiger partial charge in [0.15, 0.2) is 0 Å². The van der Waals surface area contributed by atoms with Crippen molar-refractivity contribution in [1.82, 2.24) is 9.80 Å². The maximum absolute atomic E-state index is 12.7. The van der Waals surface area contributed by atoms with Gasteiger partial charge in [-0.3, -0.25) is 9.69 Å². The molecule has 1 saturated heterocycles. The Morgan fingerprint density at radius 2 is 1.75 bits per heavy atom. The fourth-order valence-corrected chi connectivity index (χ4v) is 3.93. The van der Waals surface area contributed by atoms with Crippen LogP contribution in [-0.2, 0) is 11.3 Å². The molecular weight excluding hydrogens is 370 g/mol. The van der Waals surface area contributed by atoms with Gasteiger partial charge in [-0.2, -0.15) is 0 Å².